The lowest BCUT2D eigenvalue weighted by Crippen LogP contribution is -2.18. The molecule has 1 aromatic carbocycles. The molecular formula is C14H22N2O2. The van der Waals surface area contributed by atoms with Crippen LogP contribution >= 0.6 is 0 Å². The van der Waals surface area contributed by atoms with E-state index < -0.39 is 0 Å². The Morgan fingerprint density at radius 2 is 2.33 bits per heavy atom. The van der Waals surface area contributed by atoms with E-state index in [0.29, 0.717) is 11.8 Å². The van der Waals surface area contributed by atoms with Crippen molar-refractivity contribution < 1.29 is 9.47 Å². The number of nitrogen functional groups attached to an aromatic ring is 1. The van der Waals surface area contributed by atoms with Crippen molar-refractivity contribution in [1.29, 1.82) is 0 Å². The Hall–Kier alpha value is -1.42. The van der Waals surface area contributed by atoms with Gasteiger partial charge in [0.15, 0.2) is 0 Å². The highest BCUT2D eigenvalue weighted by atomic mass is 16.5. The molecule has 1 saturated heterocycles. The lowest BCUT2D eigenvalue weighted by atomic mass is 10.2. The summed E-state index contributed by atoms with van der Waals surface area (Å²) in [5.74, 6) is 0.738. The Balaban J connectivity index is 1.95. The van der Waals surface area contributed by atoms with Gasteiger partial charge in [-0.25, -0.2) is 0 Å². The molecule has 1 aliphatic heterocycles. The number of anilines is 2. The van der Waals surface area contributed by atoms with Crippen molar-refractivity contribution in [2.75, 3.05) is 24.2 Å². The minimum absolute atomic E-state index is 0.126. The minimum Gasteiger partial charge on any atom is -0.489 e. The predicted molar refractivity (Wildman–Crippen MR) is 74.1 cm³/mol. The molecule has 18 heavy (non-hydrogen) atoms. The number of nitrogens with two attached hydrogens (primary N) is 1. The van der Waals surface area contributed by atoms with Gasteiger partial charge >= 0.3 is 0 Å². The van der Waals surface area contributed by atoms with Gasteiger partial charge in [0.05, 0.1) is 17.9 Å². The predicted octanol–water partition coefficient (Wildman–Crippen LogP) is 2.65. The Bertz CT molecular complexity index is 387. The maximum absolute atomic E-state index is 5.88. The maximum atomic E-state index is 5.88. The molecule has 1 heterocycles. The highest BCUT2D eigenvalue weighted by molar-refractivity contribution is 5.61. The molecular weight excluding hydrogens is 228 g/mol. The highest BCUT2D eigenvalue weighted by Gasteiger charge is 2.15. The second-order valence-corrected chi connectivity index (χ2v) is 4.94. The molecule has 0 spiro atoms. The molecule has 0 aliphatic carbocycles. The van der Waals surface area contributed by atoms with Gasteiger partial charge in [-0.2, -0.15) is 0 Å². The van der Waals surface area contributed by atoms with Crippen LogP contribution in [0.3, 0.4) is 0 Å². The normalized spacial score (nSPS) is 19.2. The van der Waals surface area contributed by atoms with Crippen LogP contribution in [-0.2, 0) is 4.74 Å². The van der Waals surface area contributed by atoms with Gasteiger partial charge in [0.25, 0.3) is 0 Å². The van der Waals surface area contributed by atoms with Crippen LogP contribution in [0.4, 0.5) is 11.4 Å². The molecule has 0 amide bonds. The number of hydrogen-bond donors (Lipinski definition) is 2. The molecule has 4 heteroatoms. The maximum Gasteiger partial charge on any atom is 0.144 e. The minimum atomic E-state index is 0.126. The number of nitrogens with one attached hydrogen (secondary N) is 1. The van der Waals surface area contributed by atoms with E-state index in [1.807, 2.05) is 32.0 Å². The summed E-state index contributed by atoms with van der Waals surface area (Å²) in [4.78, 5) is 0. The molecule has 0 aromatic heterocycles. The van der Waals surface area contributed by atoms with Crippen LogP contribution in [0.15, 0.2) is 18.2 Å². The number of benzene rings is 1. The summed E-state index contributed by atoms with van der Waals surface area (Å²) in [7, 11) is 0. The molecule has 100 valence electrons. The fourth-order valence-electron chi connectivity index (χ4n) is 2.04. The molecule has 4 nitrogen and oxygen atoms in total. The third-order valence-corrected chi connectivity index (χ3v) is 2.93. The molecule has 1 aromatic rings. The first-order valence-electron chi connectivity index (χ1n) is 6.57. The first kappa shape index (κ1) is 13.0. The molecule has 1 atom stereocenters. The Labute approximate surface area is 108 Å². The van der Waals surface area contributed by atoms with Gasteiger partial charge in [-0.1, -0.05) is 0 Å². The average Bonchev–Trinajstić information content (AvgIpc) is 2.82. The first-order valence-corrected chi connectivity index (χ1v) is 6.57. The number of rotatable bonds is 5. The SMILES string of the molecule is CC(C)Oc1cc(NCC2CCCO2)ccc1N. The molecule has 3 N–H and O–H groups in total. The molecule has 0 saturated carbocycles. The quantitative estimate of drug-likeness (QED) is 0.789. The van der Waals surface area contributed by atoms with Crippen LogP contribution in [0, 0.1) is 0 Å². The second kappa shape index (κ2) is 5.96. The number of hydrogen-bond acceptors (Lipinski definition) is 4. The van der Waals surface area contributed by atoms with E-state index in [1.165, 1.54) is 0 Å². The topological polar surface area (TPSA) is 56.5 Å². The monoisotopic (exact) mass is 250 g/mol. The first-order chi connectivity index (χ1) is 8.65. The van der Waals surface area contributed by atoms with Crippen molar-refractivity contribution in [1.82, 2.24) is 0 Å². The highest BCUT2D eigenvalue weighted by Crippen LogP contribution is 2.26. The van der Waals surface area contributed by atoms with E-state index in [-0.39, 0.29) is 6.10 Å². The van der Waals surface area contributed by atoms with E-state index in [4.69, 9.17) is 15.2 Å². The van der Waals surface area contributed by atoms with Gasteiger partial charge in [-0.05, 0) is 38.8 Å². The van der Waals surface area contributed by atoms with Crippen LogP contribution in [0.1, 0.15) is 26.7 Å². The molecule has 1 unspecified atom stereocenters. The number of ether oxygens (including phenoxy) is 2. The smallest absolute Gasteiger partial charge is 0.144 e. The van der Waals surface area contributed by atoms with E-state index in [2.05, 4.69) is 5.32 Å². The largest absolute Gasteiger partial charge is 0.489 e. The fraction of sp³-hybridized carbons (Fsp3) is 0.571. The summed E-state index contributed by atoms with van der Waals surface area (Å²) in [6.45, 7) is 5.71. The van der Waals surface area contributed by atoms with Crippen LogP contribution < -0.4 is 15.8 Å². The van der Waals surface area contributed by atoms with Gasteiger partial charge in [0.2, 0.25) is 0 Å². The zero-order valence-corrected chi connectivity index (χ0v) is 11.1. The van der Waals surface area contributed by atoms with Crippen LogP contribution in [-0.4, -0.2) is 25.4 Å². The third-order valence-electron chi connectivity index (χ3n) is 2.93. The van der Waals surface area contributed by atoms with E-state index in [1.54, 1.807) is 0 Å². The van der Waals surface area contributed by atoms with Gasteiger partial charge in [-0.15, -0.1) is 0 Å². The van der Waals surface area contributed by atoms with Crippen molar-refractivity contribution in [3.63, 3.8) is 0 Å². The zero-order chi connectivity index (χ0) is 13.0. The van der Waals surface area contributed by atoms with Crippen molar-refractivity contribution >= 4 is 11.4 Å². The Kier molecular flexibility index (Phi) is 4.31. The summed E-state index contributed by atoms with van der Waals surface area (Å²) in [5, 5.41) is 3.37. The lowest BCUT2D eigenvalue weighted by Gasteiger charge is -2.15. The van der Waals surface area contributed by atoms with E-state index in [9.17, 15) is 0 Å². The Morgan fingerprint density at radius 3 is 3.00 bits per heavy atom. The second-order valence-electron chi connectivity index (χ2n) is 4.94. The fourth-order valence-corrected chi connectivity index (χ4v) is 2.04. The molecule has 1 aliphatic rings. The van der Waals surface area contributed by atoms with Gasteiger partial charge in [-0.3, -0.25) is 0 Å². The summed E-state index contributed by atoms with van der Waals surface area (Å²) >= 11 is 0. The van der Waals surface area contributed by atoms with Crippen LogP contribution in [0.25, 0.3) is 0 Å². The van der Waals surface area contributed by atoms with Crippen molar-refractivity contribution in [3.05, 3.63) is 18.2 Å². The molecule has 2 rings (SSSR count). The summed E-state index contributed by atoms with van der Waals surface area (Å²) in [6, 6.07) is 5.79. The van der Waals surface area contributed by atoms with E-state index >= 15 is 0 Å². The van der Waals surface area contributed by atoms with Crippen LogP contribution in [0.5, 0.6) is 5.75 Å². The molecule has 1 fully saturated rings. The standard InChI is InChI=1S/C14H22N2O2/c1-10(2)18-14-8-11(5-6-13(14)15)16-9-12-4-3-7-17-12/h5-6,8,10,12,16H,3-4,7,9,15H2,1-2H3. The van der Waals surface area contributed by atoms with Crippen molar-refractivity contribution in [2.45, 2.75) is 38.9 Å². The zero-order valence-electron chi connectivity index (χ0n) is 11.1. The lowest BCUT2D eigenvalue weighted by molar-refractivity contribution is 0.120. The molecule has 0 radical (unpaired) electrons. The summed E-state index contributed by atoms with van der Waals surface area (Å²) < 4.78 is 11.2. The van der Waals surface area contributed by atoms with Gasteiger partial charge in [0, 0.05) is 24.9 Å². The summed E-state index contributed by atoms with van der Waals surface area (Å²) in [5.41, 5.74) is 7.57. The van der Waals surface area contributed by atoms with Crippen molar-refractivity contribution in [3.8, 4) is 5.75 Å². The van der Waals surface area contributed by atoms with E-state index in [0.717, 1.165) is 37.4 Å². The van der Waals surface area contributed by atoms with Crippen molar-refractivity contribution in [2.24, 2.45) is 0 Å². The Morgan fingerprint density at radius 1 is 1.50 bits per heavy atom. The summed E-state index contributed by atoms with van der Waals surface area (Å²) in [6.07, 6.45) is 2.75. The van der Waals surface area contributed by atoms with Gasteiger partial charge < -0.3 is 20.5 Å². The van der Waals surface area contributed by atoms with Gasteiger partial charge in [0.1, 0.15) is 5.75 Å². The molecule has 0 bridgehead atoms. The van der Waals surface area contributed by atoms with Crippen LogP contribution in [0.2, 0.25) is 0 Å². The third kappa shape index (κ3) is 3.53. The average molecular weight is 250 g/mol.